The number of thioether (sulfide) groups is 1. The van der Waals surface area contributed by atoms with Gasteiger partial charge in [0.05, 0.1) is 5.75 Å². The van der Waals surface area contributed by atoms with E-state index in [0.29, 0.717) is 22.7 Å². The Kier molecular flexibility index (Phi) is 7.28. The molecule has 0 aromatic carbocycles. The molecule has 0 aliphatic rings. The summed E-state index contributed by atoms with van der Waals surface area (Å²) in [5.41, 5.74) is 11.2. The lowest BCUT2D eigenvalue weighted by atomic mass is 10.0. The number of hydrogen-bond acceptors (Lipinski definition) is 6. The van der Waals surface area contributed by atoms with Gasteiger partial charge in [0, 0.05) is 12.1 Å². The quantitative estimate of drug-likeness (QED) is 0.501. The Morgan fingerprint density at radius 1 is 1.24 bits per heavy atom. The molecule has 0 aliphatic carbocycles. The van der Waals surface area contributed by atoms with Crippen molar-refractivity contribution in [3.63, 3.8) is 0 Å². The molecule has 6 nitrogen and oxygen atoms in total. The number of carbonyl (C=O) groups excluding carboxylic acids is 1. The summed E-state index contributed by atoms with van der Waals surface area (Å²) < 4.78 is 0. The maximum absolute atomic E-state index is 11.8. The van der Waals surface area contributed by atoms with Gasteiger partial charge in [-0.2, -0.15) is 0 Å². The number of hydrogen-bond donors (Lipinski definition) is 3. The van der Waals surface area contributed by atoms with Crippen LogP contribution in [-0.2, 0) is 4.79 Å². The third kappa shape index (κ3) is 7.75. The van der Waals surface area contributed by atoms with Gasteiger partial charge in [-0.1, -0.05) is 38.5 Å². The third-order valence-corrected chi connectivity index (χ3v) is 3.75. The monoisotopic (exact) mass is 311 g/mol. The molecule has 0 unspecified atom stereocenters. The predicted molar refractivity (Wildman–Crippen MR) is 87.9 cm³/mol. The first-order valence-corrected chi connectivity index (χ1v) is 8.17. The van der Waals surface area contributed by atoms with Crippen LogP contribution in [0.1, 0.15) is 40.0 Å². The van der Waals surface area contributed by atoms with Gasteiger partial charge in [-0.05, 0) is 19.3 Å². The standard InChI is InChI=1S/C14H25N5OS/c1-9(2)5-4-6-10(3)17-13(20)8-21-14-18-11(15)7-12(16)19-14/h7,9-10H,4-6,8H2,1-3H3,(H,17,20)(H4,15,16,18,19)/t10-/m1/s1. The Morgan fingerprint density at radius 2 is 1.86 bits per heavy atom. The van der Waals surface area contributed by atoms with E-state index in [-0.39, 0.29) is 17.7 Å². The van der Waals surface area contributed by atoms with E-state index >= 15 is 0 Å². The first-order chi connectivity index (χ1) is 9.86. The van der Waals surface area contributed by atoms with Crippen molar-refractivity contribution in [2.75, 3.05) is 17.2 Å². The molecule has 5 N–H and O–H groups in total. The van der Waals surface area contributed by atoms with E-state index in [2.05, 4.69) is 29.1 Å². The lowest BCUT2D eigenvalue weighted by Crippen LogP contribution is -2.33. The number of nitrogen functional groups attached to an aromatic ring is 2. The largest absolute Gasteiger partial charge is 0.383 e. The minimum absolute atomic E-state index is 0.0263. The fourth-order valence-electron chi connectivity index (χ4n) is 1.88. The summed E-state index contributed by atoms with van der Waals surface area (Å²) in [4.78, 5) is 19.9. The van der Waals surface area contributed by atoms with Gasteiger partial charge < -0.3 is 16.8 Å². The molecule has 1 rings (SSSR count). The minimum atomic E-state index is -0.0263. The zero-order valence-corrected chi connectivity index (χ0v) is 13.7. The highest BCUT2D eigenvalue weighted by atomic mass is 32.2. The number of carbonyl (C=O) groups is 1. The second-order valence-electron chi connectivity index (χ2n) is 5.58. The molecular formula is C14H25N5OS. The first-order valence-electron chi connectivity index (χ1n) is 7.19. The molecule has 1 aromatic rings. The van der Waals surface area contributed by atoms with Gasteiger partial charge in [0.1, 0.15) is 11.6 Å². The van der Waals surface area contributed by atoms with Gasteiger partial charge in [0.15, 0.2) is 5.16 Å². The number of amides is 1. The van der Waals surface area contributed by atoms with Crippen LogP contribution in [-0.4, -0.2) is 27.7 Å². The van der Waals surface area contributed by atoms with E-state index in [1.54, 1.807) is 0 Å². The Hall–Kier alpha value is -1.50. The number of aromatic nitrogens is 2. The number of nitrogens with zero attached hydrogens (tertiary/aromatic N) is 2. The highest BCUT2D eigenvalue weighted by Crippen LogP contribution is 2.16. The number of anilines is 2. The summed E-state index contributed by atoms with van der Waals surface area (Å²) >= 11 is 1.23. The van der Waals surface area contributed by atoms with Gasteiger partial charge in [0.2, 0.25) is 5.91 Å². The molecule has 0 fully saturated rings. The number of nitrogens with one attached hydrogen (secondary N) is 1. The molecule has 0 saturated heterocycles. The lowest BCUT2D eigenvalue weighted by molar-refractivity contribution is -0.119. The van der Waals surface area contributed by atoms with Crippen LogP contribution in [0.2, 0.25) is 0 Å². The zero-order chi connectivity index (χ0) is 15.8. The normalized spacial score (nSPS) is 12.4. The van der Waals surface area contributed by atoms with Crippen molar-refractivity contribution in [2.45, 2.75) is 51.2 Å². The Labute approximate surface area is 130 Å². The molecule has 0 aliphatic heterocycles. The number of nitrogens with two attached hydrogens (primary N) is 2. The summed E-state index contributed by atoms with van der Waals surface area (Å²) in [6.07, 6.45) is 3.31. The number of rotatable bonds is 8. The summed E-state index contributed by atoms with van der Waals surface area (Å²) in [5, 5.41) is 3.40. The molecule has 1 atom stereocenters. The van der Waals surface area contributed by atoms with Crippen LogP contribution < -0.4 is 16.8 Å². The maximum Gasteiger partial charge on any atom is 0.230 e. The molecule has 118 valence electrons. The van der Waals surface area contributed by atoms with Crippen LogP contribution in [0.4, 0.5) is 11.6 Å². The molecule has 0 spiro atoms. The van der Waals surface area contributed by atoms with Crippen molar-refractivity contribution in [1.29, 1.82) is 0 Å². The summed E-state index contributed by atoms with van der Waals surface area (Å²) in [7, 11) is 0. The Bertz CT molecular complexity index is 446. The summed E-state index contributed by atoms with van der Waals surface area (Å²) in [6, 6.07) is 1.67. The fraction of sp³-hybridized carbons (Fsp3) is 0.643. The smallest absolute Gasteiger partial charge is 0.230 e. The van der Waals surface area contributed by atoms with Crippen LogP contribution in [0, 0.1) is 5.92 Å². The van der Waals surface area contributed by atoms with Crippen molar-refractivity contribution in [1.82, 2.24) is 15.3 Å². The van der Waals surface area contributed by atoms with Crippen molar-refractivity contribution < 1.29 is 4.79 Å². The van der Waals surface area contributed by atoms with E-state index in [9.17, 15) is 4.79 Å². The molecule has 1 aromatic heterocycles. The van der Waals surface area contributed by atoms with E-state index in [1.165, 1.54) is 24.2 Å². The topological polar surface area (TPSA) is 107 Å². The van der Waals surface area contributed by atoms with Crippen molar-refractivity contribution >= 4 is 29.3 Å². The predicted octanol–water partition coefficient (Wildman–Crippen LogP) is 2.06. The first kappa shape index (κ1) is 17.6. The van der Waals surface area contributed by atoms with E-state index in [1.807, 2.05) is 6.92 Å². The van der Waals surface area contributed by atoms with Crippen molar-refractivity contribution in [2.24, 2.45) is 5.92 Å². The SMILES string of the molecule is CC(C)CCC[C@@H](C)NC(=O)CSc1nc(N)cc(N)n1. The second kappa shape index (κ2) is 8.71. The summed E-state index contributed by atoms with van der Waals surface area (Å²) in [5.74, 6) is 1.56. The average molecular weight is 311 g/mol. The maximum atomic E-state index is 11.8. The van der Waals surface area contributed by atoms with Gasteiger partial charge in [0.25, 0.3) is 0 Å². The van der Waals surface area contributed by atoms with E-state index < -0.39 is 0 Å². The second-order valence-corrected chi connectivity index (χ2v) is 6.52. The molecule has 1 amide bonds. The van der Waals surface area contributed by atoms with Gasteiger partial charge in [-0.25, -0.2) is 9.97 Å². The van der Waals surface area contributed by atoms with Crippen molar-refractivity contribution in [3.05, 3.63) is 6.07 Å². The Balaban J connectivity index is 2.30. The zero-order valence-electron chi connectivity index (χ0n) is 12.9. The third-order valence-electron chi connectivity index (χ3n) is 2.90. The van der Waals surface area contributed by atoms with Gasteiger partial charge in [-0.15, -0.1) is 0 Å². The molecule has 0 bridgehead atoms. The molecule has 7 heteroatoms. The van der Waals surface area contributed by atoms with Gasteiger partial charge in [-0.3, -0.25) is 4.79 Å². The fourth-order valence-corrected chi connectivity index (χ4v) is 2.56. The molecular weight excluding hydrogens is 286 g/mol. The molecule has 0 saturated carbocycles. The van der Waals surface area contributed by atoms with E-state index in [0.717, 1.165) is 12.8 Å². The average Bonchev–Trinajstić information content (AvgIpc) is 2.34. The van der Waals surface area contributed by atoms with Crippen LogP contribution >= 0.6 is 11.8 Å². The van der Waals surface area contributed by atoms with Crippen molar-refractivity contribution in [3.8, 4) is 0 Å². The lowest BCUT2D eigenvalue weighted by Gasteiger charge is -2.14. The molecule has 1 heterocycles. The highest BCUT2D eigenvalue weighted by molar-refractivity contribution is 7.99. The van der Waals surface area contributed by atoms with Gasteiger partial charge >= 0.3 is 0 Å². The Morgan fingerprint density at radius 3 is 2.43 bits per heavy atom. The summed E-state index contributed by atoms with van der Waals surface area (Å²) in [6.45, 7) is 6.44. The van der Waals surface area contributed by atoms with Crippen LogP contribution in [0.5, 0.6) is 0 Å². The van der Waals surface area contributed by atoms with Crippen LogP contribution in [0.25, 0.3) is 0 Å². The molecule has 0 radical (unpaired) electrons. The van der Waals surface area contributed by atoms with E-state index in [4.69, 9.17) is 11.5 Å². The molecule has 21 heavy (non-hydrogen) atoms. The van der Waals surface area contributed by atoms with Crippen LogP contribution in [0.3, 0.4) is 0 Å². The van der Waals surface area contributed by atoms with Crippen LogP contribution in [0.15, 0.2) is 11.2 Å². The highest BCUT2D eigenvalue weighted by Gasteiger charge is 2.10. The minimum Gasteiger partial charge on any atom is -0.383 e.